The van der Waals surface area contributed by atoms with E-state index in [1.54, 1.807) is 0 Å². The van der Waals surface area contributed by atoms with Crippen LogP contribution in [0.3, 0.4) is 0 Å². The number of para-hydroxylation sites is 1. The number of benzene rings is 3. The first-order valence-corrected chi connectivity index (χ1v) is 10.6. The number of aryl methyl sites for hydroxylation is 3. The fourth-order valence-electron chi connectivity index (χ4n) is 4.12. The Morgan fingerprint density at radius 1 is 0.867 bits per heavy atom. The molecule has 3 nitrogen and oxygen atoms in total. The molecule has 2 aromatic heterocycles. The summed E-state index contributed by atoms with van der Waals surface area (Å²) in [6.07, 6.45) is 1.86. The molecule has 5 aromatic rings. The maximum atomic E-state index is 13.9. The highest BCUT2D eigenvalue weighted by Crippen LogP contribution is 2.35. The average molecular weight is 414 g/mol. The van der Waals surface area contributed by atoms with Crippen molar-refractivity contribution >= 4 is 21.6 Å². The van der Waals surface area contributed by atoms with Crippen LogP contribution < -0.4 is 0 Å². The Hall–Kier alpha value is -3.31. The molecule has 5 rings (SSSR count). The quantitative estimate of drug-likeness (QED) is 0.323. The van der Waals surface area contributed by atoms with Crippen LogP contribution in [0.15, 0.2) is 66.9 Å². The van der Waals surface area contributed by atoms with E-state index < -0.39 is 5.26 Å². The van der Waals surface area contributed by atoms with Gasteiger partial charge in [-0.2, -0.15) is 4.39 Å². The maximum absolute atomic E-state index is 13.9. The van der Waals surface area contributed by atoms with Gasteiger partial charge in [-0.3, -0.25) is 4.57 Å². The van der Waals surface area contributed by atoms with Gasteiger partial charge in [0.2, 0.25) is 0 Å². The minimum absolute atomic E-state index is 0.424. The predicted molar refractivity (Wildman–Crippen MR) is 122 cm³/mol. The fraction of sp³-hybridized carbons (Fsp3) is 0.120. The Kier molecular flexibility index (Phi) is 4.48. The number of hydrogen-bond donors (Lipinski definition) is 0. The molecule has 0 spiro atoms. The van der Waals surface area contributed by atoms with Gasteiger partial charge >= 0.3 is 0 Å². The van der Waals surface area contributed by atoms with Crippen molar-refractivity contribution in [2.75, 3.05) is 0 Å². The minimum Gasteiger partial charge on any atom is -0.296 e. The van der Waals surface area contributed by atoms with Crippen LogP contribution in [0.1, 0.15) is 16.8 Å². The van der Waals surface area contributed by atoms with Gasteiger partial charge in [-0.25, -0.2) is 9.97 Å². The van der Waals surface area contributed by atoms with Gasteiger partial charge in [0.25, 0.3) is 5.26 Å². The monoisotopic (exact) mass is 413 g/mol. The molecule has 0 aliphatic heterocycles. The summed E-state index contributed by atoms with van der Waals surface area (Å²) in [6.45, 7) is 6.30. The van der Waals surface area contributed by atoms with Gasteiger partial charge in [-0.15, -0.1) is 0 Å². The second kappa shape index (κ2) is 7.18. The van der Waals surface area contributed by atoms with Crippen LogP contribution in [0.5, 0.6) is 0 Å². The van der Waals surface area contributed by atoms with Gasteiger partial charge < -0.3 is 0 Å². The second-order valence-electron chi connectivity index (χ2n) is 7.50. The molecule has 0 saturated heterocycles. The Bertz CT molecular complexity index is 1360. The SMILES string of the molecule is Cc1cc(-c2ccccc2)cc(C)c1-n1c(C)cnc1-c1cccc2sc(F)nc12. The predicted octanol–water partition coefficient (Wildman–Crippen LogP) is 6.88. The molecular weight excluding hydrogens is 393 g/mol. The summed E-state index contributed by atoms with van der Waals surface area (Å²) in [4.78, 5) is 8.82. The first-order valence-electron chi connectivity index (χ1n) is 9.80. The number of hydrogen-bond acceptors (Lipinski definition) is 3. The molecule has 2 heterocycles. The molecule has 0 unspecified atom stereocenters. The third-order valence-electron chi connectivity index (χ3n) is 5.39. The molecule has 5 heteroatoms. The van der Waals surface area contributed by atoms with E-state index in [0.717, 1.165) is 49.9 Å². The van der Waals surface area contributed by atoms with Crippen molar-refractivity contribution in [1.82, 2.24) is 14.5 Å². The van der Waals surface area contributed by atoms with E-state index in [2.05, 4.69) is 64.8 Å². The minimum atomic E-state index is -0.424. The third-order valence-corrected chi connectivity index (χ3v) is 6.20. The van der Waals surface area contributed by atoms with Crippen LogP contribution in [0.4, 0.5) is 4.39 Å². The number of rotatable bonds is 3. The van der Waals surface area contributed by atoms with E-state index in [9.17, 15) is 4.39 Å². The summed E-state index contributed by atoms with van der Waals surface area (Å²) in [7, 11) is 0. The lowest BCUT2D eigenvalue weighted by Crippen LogP contribution is -2.05. The largest absolute Gasteiger partial charge is 0.296 e. The Labute approximate surface area is 178 Å². The molecule has 0 aliphatic carbocycles. The lowest BCUT2D eigenvalue weighted by atomic mass is 9.98. The topological polar surface area (TPSA) is 30.7 Å². The normalized spacial score (nSPS) is 11.3. The average Bonchev–Trinajstić information content (AvgIpc) is 3.30. The Balaban J connectivity index is 1.72. The van der Waals surface area contributed by atoms with Gasteiger partial charge in [-0.05, 0) is 67.3 Å². The number of halogens is 1. The fourth-order valence-corrected chi connectivity index (χ4v) is 4.83. The number of thiazole rings is 1. The van der Waals surface area contributed by atoms with Gasteiger partial charge in [0.05, 0.1) is 15.9 Å². The zero-order chi connectivity index (χ0) is 20.8. The van der Waals surface area contributed by atoms with Crippen LogP contribution in [0.2, 0.25) is 0 Å². The molecule has 0 bridgehead atoms. The van der Waals surface area contributed by atoms with Crippen molar-refractivity contribution in [1.29, 1.82) is 0 Å². The Morgan fingerprint density at radius 2 is 1.60 bits per heavy atom. The summed E-state index contributed by atoms with van der Waals surface area (Å²) in [5.74, 6) is 0.780. The second-order valence-corrected chi connectivity index (χ2v) is 8.48. The molecule has 0 amide bonds. The number of imidazole rings is 1. The van der Waals surface area contributed by atoms with Gasteiger partial charge in [0, 0.05) is 17.5 Å². The number of fused-ring (bicyclic) bond motifs is 1. The summed E-state index contributed by atoms with van der Waals surface area (Å²) in [5, 5.41) is -0.424. The summed E-state index contributed by atoms with van der Waals surface area (Å²) in [5.41, 5.74) is 8.33. The van der Waals surface area contributed by atoms with Crippen LogP contribution in [-0.4, -0.2) is 14.5 Å². The summed E-state index contributed by atoms with van der Waals surface area (Å²) >= 11 is 1.06. The summed E-state index contributed by atoms with van der Waals surface area (Å²) < 4.78 is 16.8. The van der Waals surface area contributed by atoms with E-state index in [4.69, 9.17) is 0 Å². The maximum Gasteiger partial charge on any atom is 0.270 e. The highest BCUT2D eigenvalue weighted by atomic mass is 32.1. The zero-order valence-electron chi connectivity index (χ0n) is 17.0. The van der Waals surface area contributed by atoms with Crippen LogP contribution in [-0.2, 0) is 0 Å². The lowest BCUT2D eigenvalue weighted by molar-refractivity contribution is 0.620. The highest BCUT2D eigenvalue weighted by Gasteiger charge is 2.19. The van der Waals surface area contributed by atoms with Crippen molar-refractivity contribution in [3.63, 3.8) is 0 Å². The van der Waals surface area contributed by atoms with Gasteiger partial charge in [0.1, 0.15) is 5.82 Å². The molecule has 0 fully saturated rings. The van der Waals surface area contributed by atoms with Crippen molar-refractivity contribution in [2.45, 2.75) is 20.8 Å². The molecule has 0 atom stereocenters. The van der Waals surface area contributed by atoms with Crippen molar-refractivity contribution in [2.24, 2.45) is 0 Å². The van der Waals surface area contributed by atoms with Crippen LogP contribution >= 0.6 is 11.3 Å². The first-order chi connectivity index (χ1) is 14.5. The highest BCUT2D eigenvalue weighted by molar-refractivity contribution is 7.17. The molecular formula is C25H20FN3S. The first kappa shape index (κ1) is 18.7. The molecule has 0 radical (unpaired) electrons. The van der Waals surface area contributed by atoms with Gasteiger partial charge in [-0.1, -0.05) is 47.7 Å². The lowest BCUT2D eigenvalue weighted by Gasteiger charge is -2.18. The standard InChI is InChI=1S/C25H20FN3S/c1-15-12-19(18-8-5-4-6-9-18)13-16(2)23(15)29-17(3)14-27-24(29)20-10-7-11-21-22(20)28-25(26)30-21/h4-14H,1-3H3. The third kappa shape index (κ3) is 3.02. The molecule has 0 saturated carbocycles. The van der Waals surface area contributed by atoms with Crippen molar-refractivity contribution in [3.8, 4) is 28.2 Å². The molecule has 3 aromatic carbocycles. The van der Waals surface area contributed by atoms with Crippen LogP contribution in [0, 0.1) is 26.0 Å². The van der Waals surface area contributed by atoms with Gasteiger partial charge in [0.15, 0.2) is 0 Å². The van der Waals surface area contributed by atoms with E-state index in [0.29, 0.717) is 5.52 Å². The Morgan fingerprint density at radius 3 is 2.33 bits per heavy atom. The smallest absolute Gasteiger partial charge is 0.270 e. The van der Waals surface area contributed by atoms with E-state index >= 15 is 0 Å². The van der Waals surface area contributed by atoms with Crippen LogP contribution in [0.25, 0.3) is 38.4 Å². The summed E-state index contributed by atoms with van der Waals surface area (Å²) in [6, 6.07) is 20.6. The van der Waals surface area contributed by atoms with E-state index in [1.807, 2.05) is 37.4 Å². The molecule has 30 heavy (non-hydrogen) atoms. The number of aromatic nitrogens is 3. The van der Waals surface area contributed by atoms with E-state index in [-0.39, 0.29) is 0 Å². The van der Waals surface area contributed by atoms with Crippen molar-refractivity contribution < 1.29 is 4.39 Å². The number of nitrogens with zero attached hydrogens (tertiary/aromatic N) is 3. The van der Waals surface area contributed by atoms with Crippen molar-refractivity contribution in [3.05, 3.63) is 88.9 Å². The van der Waals surface area contributed by atoms with E-state index in [1.165, 1.54) is 11.1 Å². The zero-order valence-corrected chi connectivity index (χ0v) is 17.8. The molecule has 148 valence electrons. The molecule has 0 aliphatic rings. The molecule has 0 N–H and O–H groups in total.